The summed E-state index contributed by atoms with van der Waals surface area (Å²) in [6, 6.07) is 13.8. The number of aromatic nitrogens is 6. The average Bonchev–Trinajstić information content (AvgIpc) is 3.31. The van der Waals surface area contributed by atoms with Crippen molar-refractivity contribution in [3.8, 4) is 22.4 Å². The molecule has 4 heterocycles. The molecule has 0 unspecified atom stereocenters. The number of hydrogen-bond acceptors (Lipinski definition) is 6. The van der Waals surface area contributed by atoms with Crippen molar-refractivity contribution in [3.63, 3.8) is 0 Å². The van der Waals surface area contributed by atoms with Crippen LogP contribution >= 0.6 is 0 Å². The largest absolute Gasteiger partial charge is 0.448 e. The first-order valence-corrected chi connectivity index (χ1v) is 10.2. The van der Waals surface area contributed by atoms with Crippen LogP contribution in [0, 0.1) is 20.8 Å². The van der Waals surface area contributed by atoms with Crippen molar-refractivity contribution in [2.45, 2.75) is 27.3 Å². The first kappa shape index (κ1) is 19.7. The van der Waals surface area contributed by atoms with Crippen LogP contribution < -0.4 is 16.4 Å². The van der Waals surface area contributed by atoms with Crippen LogP contribution in [0.3, 0.4) is 0 Å². The number of hydrogen-bond donors (Lipinski definition) is 1. The van der Waals surface area contributed by atoms with E-state index in [1.54, 1.807) is 6.92 Å². The Kier molecular flexibility index (Phi) is 4.58. The lowest BCUT2D eigenvalue weighted by atomic mass is 9.99. The standard InChI is InChI=1S/C23H21N7O2/c1-13-9-17(10-14(2)26-13)19-20(16-7-5-4-6-8-16)27-22(24)30-21(19)28-29(23(30)31)11-18-15(3)32-12-25-18/h4-10,12H,11H2,1-3H3,(H2,24,27)/p+1. The fourth-order valence-electron chi connectivity index (χ4n) is 3.94. The number of anilines is 1. The van der Waals surface area contributed by atoms with Gasteiger partial charge >= 0.3 is 11.6 Å². The molecule has 0 aliphatic heterocycles. The zero-order valence-corrected chi connectivity index (χ0v) is 18.0. The Labute approximate surface area is 183 Å². The minimum absolute atomic E-state index is 0.177. The number of fused-ring (bicyclic) bond motifs is 1. The number of aryl methyl sites for hydroxylation is 3. The van der Waals surface area contributed by atoms with Gasteiger partial charge in [0.2, 0.25) is 5.65 Å². The van der Waals surface area contributed by atoms with Gasteiger partial charge < -0.3 is 4.42 Å². The maximum absolute atomic E-state index is 13.2. The monoisotopic (exact) mass is 428 g/mol. The van der Waals surface area contributed by atoms with Crippen LogP contribution in [0.5, 0.6) is 0 Å². The van der Waals surface area contributed by atoms with Gasteiger partial charge in [-0.3, -0.25) is 10.7 Å². The van der Waals surface area contributed by atoms with Crippen LogP contribution in [-0.2, 0) is 6.54 Å². The molecule has 0 fully saturated rings. The number of oxazole rings is 1. The number of nitrogens with zero attached hydrogens (tertiary/aromatic N) is 5. The van der Waals surface area contributed by atoms with Gasteiger partial charge in [0.15, 0.2) is 6.39 Å². The van der Waals surface area contributed by atoms with Crippen molar-refractivity contribution in [1.29, 1.82) is 0 Å². The number of aromatic amines is 1. The van der Waals surface area contributed by atoms with Crippen molar-refractivity contribution in [2.75, 3.05) is 5.73 Å². The van der Waals surface area contributed by atoms with E-state index in [1.807, 2.05) is 56.3 Å². The smallest absolute Gasteiger partial charge is 0.411 e. The van der Waals surface area contributed by atoms with Crippen molar-refractivity contribution in [3.05, 3.63) is 82.2 Å². The molecule has 160 valence electrons. The lowest BCUT2D eigenvalue weighted by Crippen LogP contribution is -2.28. The zero-order chi connectivity index (χ0) is 22.4. The SMILES string of the molecule is Cc1cc(-c2c(-c3ccccc3)[nH+]c(N)n3c(=O)n(Cc4ncoc4C)nc23)cc(C)n1. The molecular formula is C23H22N7O2+. The average molecular weight is 428 g/mol. The van der Waals surface area contributed by atoms with E-state index in [1.165, 1.54) is 15.5 Å². The molecule has 9 nitrogen and oxygen atoms in total. The topological polar surface area (TPSA) is 118 Å². The third-order valence-corrected chi connectivity index (χ3v) is 5.38. The Morgan fingerprint density at radius 3 is 2.44 bits per heavy atom. The van der Waals surface area contributed by atoms with Crippen molar-refractivity contribution >= 4 is 11.6 Å². The van der Waals surface area contributed by atoms with Crippen LogP contribution in [0.4, 0.5) is 5.95 Å². The Hall–Kier alpha value is -4.27. The summed E-state index contributed by atoms with van der Waals surface area (Å²) in [6.07, 6.45) is 1.36. The predicted octanol–water partition coefficient (Wildman–Crippen LogP) is 2.58. The van der Waals surface area contributed by atoms with Crippen LogP contribution in [0.1, 0.15) is 22.8 Å². The fourth-order valence-corrected chi connectivity index (χ4v) is 3.94. The summed E-state index contributed by atoms with van der Waals surface area (Å²) in [5.74, 6) is 0.831. The minimum atomic E-state index is -0.362. The van der Waals surface area contributed by atoms with Gasteiger partial charge in [0.1, 0.15) is 17.1 Å². The number of pyridine rings is 1. The molecule has 32 heavy (non-hydrogen) atoms. The molecule has 3 N–H and O–H groups in total. The van der Waals surface area contributed by atoms with E-state index in [-0.39, 0.29) is 18.2 Å². The highest BCUT2D eigenvalue weighted by atomic mass is 16.3. The second-order valence-electron chi connectivity index (χ2n) is 7.72. The molecule has 0 bridgehead atoms. The van der Waals surface area contributed by atoms with Crippen LogP contribution in [0.2, 0.25) is 0 Å². The number of nitrogen functional groups attached to an aromatic ring is 1. The van der Waals surface area contributed by atoms with Gasteiger partial charge in [0.05, 0.1) is 12.1 Å². The Morgan fingerprint density at radius 1 is 1.06 bits per heavy atom. The Balaban J connectivity index is 1.84. The summed E-state index contributed by atoms with van der Waals surface area (Å²) in [6.45, 7) is 5.85. The molecule has 0 aliphatic rings. The molecule has 0 saturated heterocycles. The second-order valence-corrected chi connectivity index (χ2v) is 7.72. The molecule has 0 aliphatic carbocycles. The van der Waals surface area contributed by atoms with Crippen molar-refractivity contribution < 1.29 is 9.40 Å². The van der Waals surface area contributed by atoms with Crippen LogP contribution in [-0.4, -0.2) is 24.1 Å². The van der Waals surface area contributed by atoms with Gasteiger partial charge in [-0.15, -0.1) is 9.50 Å². The van der Waals surface area contributed by atoms with E-state index in [4.69, 9.17) is 10.2 Å². The molecule has 0 atom stereocenters. The first-order chi connectivity index (χ1) is 15.4. The van der Waals surface area contributed by atoms with Crippen molar-refractivity contribution in [2.24, 2.45) is 0 Å². The van der Waals surface area contributed by atoms with Gasteiger partial charge in [-0.2, -0.15) is 4.68 Å². The molecule has 0 spiro atoms. The number of nitrogens with one attached hydrogen (secondary N) is 1. The zero-order valence-electron chi connectivity index (χ0n) is 18.0. The summed E-state index contributed by atoms with van der Waals surface area (Å²) < 4.78 is 8.01. The number of rotatable bonds is 4. The van der Waals surface area contributed by atoms with Gasteiger partial charge in [-0.1, -0.05) is 30.3 Å². The summed E-state index contributed by atoms with van der Waals surface area (Å²) in [5, 5.41) is 4.68. The predicted molar refractivity (Wildman–Crippen MR) is 119 cm³/mol. The quantitative estimate of drug-likeness (QED) is 0.470. The second kappa shape index (κ2) is 7.45. The molecule has 0 amide bonds. The van der Waals surface area contributed by atoms with Crippen molar-refractivity contribution in [1.82, 2.24) is 24.1 Å². The van der Waals surface area contributed by atoms with Crippen LogP contribution in [0.15, 0.2) is 58.1 Å². The first-order valence-electron chi connectivity index (χ1n) is 10.2. The highest BCUT2D eigenvalue weighted by molar-refractivity contribution is 5.88. The van der Waals surface area contributed by atoms with E-state index in [0.717, 1.165) is 33.8 Å². The summed E-state index contributed by atoms with van der Waals surface area (Å²) >= 11 is 0. The van der Waals surface area contributed by atoms with Gasteiger partial charge in [0.25, 0.3) is 0 Å². The molecule has 9 heteroatoms. The summed E-state index contributed by atoms with van der Waals surface area (Å²) in [7, 11) is 0. The van der Waals surface area contributed by atoms with Gasteiger partial charge in [0, 0.05) is 17.0 Å². The molecule has 4 aromatic heterocycles. The highest BCUT2D eigenvalue weighted by Crippen LogP contribution is 2.32. The van der Waals surface area contributed by atoms with E-state index in [0.29, 0.717) is 17.1 Å². The summed E-state index contributed by atoms with van der Waals surface area (Å²) in [5.41, 5.74) is 12.2. The van der Waals surface area contributed by atoms with E-state index >= 15 is 0 Å². The normalized spacial score (nSPS) is 11.3. The molecule has 0 saturated carbocycles. The lowest BCUT2D eigenvalue weighted by Gasteiger charge is -2.10. The number of benzene rings is 1. The van der Waals surface area contributed by atoms with Gasteiger partial charge in [-0.05, 0) is 38.5 Å². The van der Waals surface area contributed by atoms with Gasteiger partial charge in [-0.25, -0.2) is 14.8 Å². The maximum atomic E-state index is 13.2. The van der Waals surface area contributed by atoms with E-state index < -0.39 is 0 Å². The number of nitrogens with two attached hydrogens (primary N) is 1. The molecule has 5 rings (SSSR count). The van der Waals surface area contributed by atoms with Crippen LogP contribution in [0.25, 0.3) is 28.0 Å². The molecule has 5 aromatic rings. The Morgan fingerprint density at radius 2 is 1.78 bits per heavy atom. The fraction of sp³-hybridized carbons (Fsp3) is 0.174. The molecule has 1 aromatic carbocycles. The molecular weight excluding hydrogens is 406 g/mol. The maximum Gasteiger partial charge on any atom is 0.411 e. The minimum Gasteiger partial charge on any atom is -0.448 e. The molecule has 0 radical (unpaired) electrons. The van der Waals surface area contributed by atoms with E-state index in [2.05, 4.69) is 20.1 Å². The lowest BCUT2D eigenvalue weighted by molar-refractivity contribution is -0.351. The van der Waals surface area contributed by atoms with E-state index in [9.17, 15) is 4.79 Å². The Bertz CT molecular complexity index is 1490. The third-order valence-electron chi connectivity index (χ3n) is 5.38. The third kappa shape index (κ3) is 3.24. The summed E-state index contributed by atoms with van der Waals surface area (Å²) in [4.78, 5) is 25.2. The highest BCUT2D eigenvalue weighted by Gasteiger charge is 2.26. The number of H-pyrrole nitrogens is 1.